The van der Waals surface area contributed by atoms with Gasteiger partial charge in [0, 0.05) is 16.1 Å². The van der Waals surface area contributed by atoms with Gasteiger partial charge >= 0.3 is 0 Å². The third-order valence-electron chi connectivity index (χ3n) is 4.39. The Balaban J connectivity index is 1.74. The smallest absolute Gasteiger partial charge is 0.276 e. The summed E-state index contributed by atoms with van der Waals surface area (Å²) < 4.78 is 43.9. The van der Waals surface area contributed by atoms with Gasteiger partial charge in [0.05, 0.1) is 4.90 Å². The van der Waals surface area contributed by atoms with Gasteiger partial charge in [-0.25, -0.2) is 4.39 Å². The Kier molecular flexibility index (Phi) is 5.93. The Labute approximate surface area is 187 Å². The van der Waals surface area contributed by atoms with Gasteiger partial charge in [-0.2, -0.15) is 13.2 Å². The Morgan fingerprint density at radius 1 is 0.969 bits per heavy atom. The highest BCUT2D eigenvalue weighted by Crippen LogP contribution is 2.16. The minimum atomic E-state index is -4.04. The van der Waals surface area contributed by atoms with E-state index in [1.807, 2.05) is 0 Å². The first-order valence-corrected chi connectivity index (χ1v) is 11.1. The lowest BCUT2D eigenvalue weighted by molar-refractivity contribution is 0.102. The average molecular weight is 472 g/mol. The highest BCUT2D eigenvalue weighted by molar-refractivity contribution is 7.89. The van der Waals surface area contributed by atoms with Crippen LogP contribution in [0.15, 0.2) is 93.3 Å². The first-order valence-electron chi connectivity index (χ1n) is 9.23. The van der Waals surface area contributed by atoms with Crippen LogP contribution in [0.5, 0.6) is 0 Å². The van der Waals surface area contributed by atoms with Crippen molar-refractivity contribution in [2.45, 2.75) is 4.90 Å². The number of nitrogens with one attached hydrogen (secondary N) is 2. The molecular weight excluding hydrogens is 457 g/mol. The molecule has 0 fully saturated rings. The lowest BCUT2D eigenvalue weighted by atomic mass is 10.1. The van der Waals surface area contributed by atoms with Crippen LogP contribution in [-0.4, -0.2) is 14.3 Å². The van der Waals surface area contributed by atoms with Crippen LogP contribution in [0.3, 0.4) is 0 Å². The molecule has 0 aliphatic heterocycles. The van der Waals surface area contributed by atoms with Gasteiger partial charge in [0.2, 0.25) is 5.55 Å². The van der Waals surface area contributed by atoms with E-state index >= 15 is 0 Å². The molecule has 0 unspecified atom stereocenters. The number of nitrogens with zero attached hydrogens (tertiary/aromatic N) is 1. The molecule has 162 valence electrons. The molecule has 0 saturated heterocycles. The quantitative estimate of drug-likeness (QED) is 0.424. The minimum absolute atomic E-state index is 0.0215. The van der Waals surface area contributed by atoms with E-state index in [9.17, 15) is 17.6 Å². The van der Waals surface area contributed by atoms with Gasteiger partial charge in [0.25, 0.3) is 15.9 Å². The highest BCUT2D eigenvalue weighted by atomic mass is 35.5. The summed E-state index contributed by atoms with van der Waals surface area (Å²) >= 11 is 5.80. The van der Waals surface area contributed by atoms with Crippen LogP contribution >= 0.6 is 11.6 Å². The van der Waals surface area contributed by atoms with Gasteiger partial charge in [-0.1, -0.05) is 29.8 Å². The van der Waals surface area contributed by atoms with Crippen LogP contribution in [-0.2, 0) is 10.0 Å². The fourth-order valence-corrected chi connectivity index (χ4v) is 3.74. The fourth-order valence-electron chi connectivity index (χ4n) is 2.81. The Morgan fingerprint density at radius 2 is 1.66 bits per heavy atom. The van der Waals surface area contributed by atoms with E-state index in [2.05, 4.69) is 15.2 Å². The van der Waals surface area contributed by atoms with Crippen LogP contribution in [0.1, 0.15) is 10.4 Å². The molecule has 0 aliphatic rings. The molecule has 3 aromatic carbocycles. The van der Waals surface area contributed by atoms with E-state index in [0.717, 1.165) is 0 Å². The second-order valence-corrected chi connectivity index (χ2v) is 8.72. The molecule has 0 spiro atoms. The van der Waals surface area contributed by atoms with E-state index in [1.165, 1.54) is 54.6 Å². The zero-order valence-electron chi connectivity index (χ0n) is 16.2. The molecule has 32 heavy (non-hydrogen) atoms. The Bertz CT molecular complexity index is 1470. The maximum Gasteiger partial charge on any atom is 0.276 e. The third kappa shape index (κ3) is 4.79. The van der Waals surface area contributed by atoms with Crippen LogP contribution < -0.4 is 15.7 Å². The second-order valence-electron chi connectivity index (χ2n) is 6.62. The molecule has 10 heteroatoms. The number of amides is 1. The number of sulfonamides is 1. The fraction of sp³-hybridized carbons (Fsp3) is 0. The summed E-state index contributed by atoms with van der Waals surface area (Å²) in [4.78, 5) is 14.9. The average Bonchev–Trinajstić information content (AvgIpc) is 2.79. The summed E-state index contributed by atoms with van der Waals surface area (Å²) in [6.45, 7) is 0. The van der Waals surface area contributed by atoms with E-state index in [0.29, 0.717) is 21.7 Å². The van der Waals surface area contributed by atoms with Crippen LogP contribution in [0.2, 0.25) is 5.02 Å². The molecule has 0 bridgehead atoms. The van der Waals surface area contributed by atoms with Crippen molar-refractivity contribution in [1.29, 1.82) is 0 Å². The molecule has 1 amide bonds. The molecule has 4 aromatic rings. The van der Waals surface area contributed by atoms with E-state index in [-0.39, 0.29) is 16.0 Å². The van der Waals surface area contributed by atoms with Crippen molar-refractivity contribution in [3.63, 3.8) is 0 Å². The first kappa shape index (κ1) is 21.5. The van der Waals surface area contributed by atoms with Crippen molar-refractivity contribution in [1.82, 2.24) is 4.83 Å². The standard InChI is InChI=1S/C22H15ClFN3O4S/c23-15-5-11-18(12-6-15)32(29,30)27-26-22-19(13-14-3-1-2-4-20(14)31-22)21(28)25-17-9-7-16(24)8-10-17/h1-13,27H,(H,25,28)/b26-22-. The van der Waals surface area contributed by atoms with Crippen molar-refractivity contribution in [2.24, 2.45) is 5.10 Å². The van der Waals surface area contributed by atoms with Gasteiger partial charge in [0.1, 0.15) is 17.0 Å². The summed E-state index contributed by atoms with van der Waals surface area (Å²) in [5.41, 5.74) is 0.472. The maximum absolute atomic E-state index is 13.1. The summed E-state index contributed by atoms with van der Waals surface area (Å²) in [5.74, 6) is -1.06. The lowest BCUT2D eigenvalue weighted by Crippen LogP contribution is -2.27. The number of carbonyl (C=O) groups excluding carboxylic acids is 1. The van der Waals surface area contributed by atoms with Gasteiger partial charge in [0.15, 0.2) is 0 Å². The molecule has 7 nitrogen and oxygen atoms in total. The summed E-state index contributed by atoms with van der Waals surface area (Å²) in [5, 5.41) is 7.44. The molecule has 1 heterocycles. The third-order valence-corrected chi connectivity index (χ3v) is 5.87. The number of rotatable bonds is 5. The van der Waals surface area contributed by atoms with Gasteiger partial charge < -0.3 is 9.73 Å². The molecular formula is C22H15ClFN3O4S. The predicted molar refractivity (Wildman–Crippen MR) is 118 cm³/mol. The maximum atomic E-state index is 13.1. The molecule has 0 aliphatic carbocycles. The minimum Gasteiger partial charge on any atom is -0.436 e. The summed E-state index contributed by atoms with van der Waals surface area (Å²) in [7, 11) is -4.04. The molecule has 0 radical (unpaired) electrons. The van der Waals surface area contributed by atoms with Crippen molar-refractivity contribution in [3.05, 3.63) is 101 Å². The van der Waals surface area contributed by atoms with Gasteiger partial charge in [-0.15, -0.1) is 5.10 Å². The van der Waals surface area contributed by atoms with Crippen LogP contribution in [0.4, 0.5) is 10.1 Å². The highest BCUT2D eigenvalue weighted by Gasteiger charge is 2.16. The number of anilines is 1. The summed E-state index contributed by atoms with van der Waals surface area (Å²) in [6, 6.07) is 19.1. The molecule has 0 saturated carbocycles. The monoisotopic (exact) mass is 471 g/mol. The topological polar surface area (TPSA) is 101 Å². The normalized spacial score (nSPS) is 12.0. The first-order chi connectivity index (χ1) is 15.3. The SMILES string of the molecule is O=C(Nc1ccc(F)cc1)c1cc2ccccc2o/c1=N\NS(=O)(=O)c1ccc(Cl)cc1. The molecule has 2 N–H and O–H groups in total. The van der Waals surface area contributed by atoms with Gasteiger partial charge in [-0.05, 0) is 60.7 Å². The number of halogens is 2. The number of fused-ring (bicyclic) bond motifs is 1. The Morgan fingerprint density at radius 3 is 2.38 bits per heavy atom. The zero-order chi connectivity index (χ0) is 22.7. The van der Waals surface area contributed by atoms with E-state index in [4.69, 9.17) is 16.0 Å². The number of hydrogen-bond donors (Lipinski definition) is 2. The zero-order valence-corrected chi connectivity index (χ0v) is 17.8. The van der Waals surface area contributed by atoms with Crippen molar-refractivity contribution in [2.75, 3.05) is 5.32 Å². The molecule has 4 rings (SSSR count). The van der Waals surface area contributed by atoms with Crippen LogP contribution in [0.25, 0.3) is 11.0 Å². The largest absolute Gasteiger partial charge is 0.436 e. The Hall–Kier alpha value is -3.69. The number of hydrogen-bond acceptors (Lipinski definition) is 5. The van der Waals surface area contributed by atoms with E-state index in [1.54, 1.807) is 24.3 Å². The predicted octanol–water partition coefficient (Wildman–Crippen LogP) is 4.27. The number of carbonyl (C=O) groups is 1. The van der Waals surface area contributed by atoms with Crippen molar-refractivity contribution >= 4 is 44.2 Å². The lowest BCUT2D eigenvalue weighted by Gasteiger charge is -2.08. The van der Waals surface area contributed by atoms with E-state index < -0.39 is 21.7 Å². The van der Waals surface area contributed by atoms with Crippen LogP contribution in [0, 0.1) is 5.82 Å². The van der Waals surface area contributed by atoms with Crippen molar-refractivity contribution < 1.29 is 22.0 Å². The number of benzene rings is 3. The van der Waals surface area contributed by atoms with Crippen molar-refractivity contribution in [3.8, 4) is 0 Å². The molecule has 0 atom stereocenters. The summed E-state index contributed by atoms with van der Waals surface area (Å²) in [6.07, 6.45) is 0. The van der Waals surface area contributed by atoms with Gasteiger partial charge in [-0.3, -0.25) is 4.79 Å². The second kappa shape index (κ2) is 8.81. The number of para-hydroxylation sites is 1. The molecule has 1 aromatic heterocycles.